The number of hydrogen-bond acceptors (Lipinski definition) is 0. The van der Waals surface area contributed by atoms with Crippen molar-refractivity contribution in [3.63, 3.8) is 0 Å². The van der Waals surface area contributed by atoms with Gasteiger partial charge < -0.3 is 4.57 Å². The highest BCUT2D eigenvalue weighted by molar-refractivity contribution is 6.09. The molecule has 0 radical (unpaired) electrons. The van der Waals surface area contributed by atoms with Gasteiger partial charge in [-0.05, 0) is 139 Å². The van der Waals surface area contributed by atoms with E-state index in [0.717, 1.165) is 19.3 Å². The standard InChI is InChI=1S/C69H51N/c1-6-20-50(21-7-1)54-45-55(51-22-8-2-9-23-51)47-56(46-54)53(42-49-36-40-63-62-32-18-19-33-66(62)70(67(63)44-49)59-29-14-5-15-30-59)37-34-48-35-39-61-64-41-38-52-24-16-17-31-60(52)68(64)69(65(61)43-48,57-25-10-3-11-26-57)58-27-12-4-13-28-58/h1-33,35-36,38-41,43-47,53H,34,37,42H2. The minimum Gasteiger partial charge on any atom is -0.309 e. The van der Waals surface area contributed by atoms with Crippen LogP contribution in [0.4, 0.5) is 0 Å². The third-order valence-corrected chi connectivity index (χ3v) is 15.2. The maximum absolute atomic E-state index is 2.57. The Hall–Kier alpha value is -8.52. The van der Waals surface area contributed by atoms with E-state index >= 15 is 0 Å². The van der Waals surface area contributed by atoms with Crippen LogP contribution in [0.15, 0.2) is 267 Å². The molecule has 0 saturated heterocycles. The summed E-state index contributed by atoms with van der Waals surface area (Å²) >= 11 is 0. The van der Waals surface area contributed by atoms with E-state index in [2.05, 4.69) is 271 Å². The Morgan fingerprint density at radius 2 is 0.914 bits per heavy atom. The molecule has 1 aliphatic rings. The molecule has 0 amide bonds. The first kappa shape index (κ1) is 41.7. The van der Waals surface area contributed by atoms with E-state index in [1.807, 2.05) is 0 Å². The first-order valence-corrected chi connectivity index (χ1v) is 24.8. The van der Waals surface area contributed by atoms with Crippen LogP contribution in [0.1, 0.15) is 51.3 Å². The molecule has 0 saturated carbocycles. The number of benzene rings is 11. The van der Waals surface area contributed by atoms with Crippen molar-refractivity contribution in [2.45, 2.75) is 30.6 Å². The minimum absolute atomic E-state index is 0.223. The van der Waals surface area contributed by atoms with Crippen LogP contribution in [-0.4, -0.2) is 4.57 Å². The molecule has 332 valence electrons. The zero-order valence-corrected chi connectivity index (χ0v) is 39.0. The van der Waals surface area contributed by atoms with Crippen molar-refractivity contribution in [1.82, 2.24) is 4.57 Å². The zero-order valence-electron chi connectivity index (χ0n) is 39.0. The Kier molecular flexibility index (Phi) is 10.4. The summed E-state index contributed by atoms with van der Waals surface area (Å²) in [5.41, 5.74) is 20.2. The van der Waals surface area contributed by atoms with Crippen LogP contribution >= 0.6 is 0 Å². The Bertz CT molecular complexity index is 3740. The van der Waals surface area contributed by atoms with Gasteiger partial charge in [-0.1, -0.05) is 237 Å². The van der Waals surface area contributed by atoms with Crippen LogP contribution < -0.4 is 0 Å². The molecule has 1 heteroatoms. The van der Waals surface area contributed by atoms with Gasteiger partial charge in [0.1, 0.15) is 0 Å². The predicted octanol–water partition coefficient (Wildman–Crippen LogP) is 17.6. The van der Waals surface area contributed by atoms with E-state index in [4.69, 9.17) is 0 Å². The SMILES string of the molecule is c1ccc(-c2cc(-c3ccccc3)cc(C(CCc3ccc4c(c3)C(c3ccccc3)(c3ccccc3)c3c-4ccc4ccccc34)Cc3ccc4c5ccccc5n(-c5ccccc5)c4c3)c2)cc1. The van der Waals surface area contributed by atoms with E-state index in [1.165, 1.54) is 111 Å². The second-order valence-electron chi connectivity index (χ2n) is 19.1. The summed E-state index contributed by atoms with van der Waals surface area (Å²) in [6.45, 7) is 0. The van der Waals surface area contributed by atoms with Crippen molar-refractivity contribution in [1.29, 1.82) is 0 Å². The highest BCUT2D eigenvalue weighted by Gasteiger charge is 2.47. The number of aromatic nitrogens is 1. The molecular formula is C69H51N. The van der Waals surface area contributed by atoms with Gasteiger partial charge in [-0.15, -0.1) is 0 Å². The van der Waals surface area contributed by atoms with Crippen molar-refractivity contribution in [2.24, 2.45) is 0 Å². The normalized spacial score (nSPS) is 13.1. The van der Waals surface area contributed by atoms with Crippen molar-refractivity contribution in [3.05, 3.63) is 306 Å². The van der Waals surface area contributed by atoms with Gasteiger partial charge in [-0.25, -0.2) is 0 Å². The molecule has 13 rings (SSSR count). The molecule has 0 aliphatic heterocycles. The minimum atomic E-state index is -0.495. The number of nitrogens with zero attached hydrogens (tertiary/aromatic N) is 1. The number of rotatable bonds is 11. The summed E-state index contributed by atoms with van der Waals surface area (Å²) in [6, 6.07) is 99.6. The second kappa shape index (κ2) is 17.5. The third-order valence-electron chi connectivity index (χ3n) is 15.2. The third kappa shape index (κ3) is 7.08. The quantitative estimate of drug-likeness (QED) is 0.122. The lowest BCUT2D eigenvalue weighted by molar-refractivity contribution is 0.621. The summed E-state index contributed by atoms with van der Waals surface area (Å²) in [5.74, 6) is 0.223. The molecule has 1 atom stereocenters. The smallest absolute Gasteiger partial charge is 0.0719 e. The maximum Gasteiger partial charge on any atom is 0.0719 e. The topological polar surface area (TPSA) is 4.93 Å². The second-order valence-corrected chi connectivity index (χ2v) is 19.1. The highest BCUT2D eigenvalue weighted by atomic mass is 15.0. The van der Waals surface area contributed by atoms with Crippen LogP contribution in [0.25, 0.3) is 71.6 Å². The summed E-state index contributed by atoms with van der Waals surface area (Å²) < 4.78 is 2.45. The molecule has 1 aromatic heterocycles. The van der Waals surface area contributed by atoms with Crippen LogP contribution in [0, 0.1) is 0 Å². The van der Waals surface area contributed by atoms with Gasteiger partial charge in [-0.2, -0.15) is 0 Å². The fourth-order valence-corrected chi connectivity index (χ4v) is 12.0. The molecule has 1 aliphatic carbocycles. The lowest BCUT2D eigenvalue weighted by atomic mass is 9.66. The number of fused-ring (bicyclic) bond motifs is 8. The monoisotopic (exact) mass is 893 g/mol. The fourth-order valence-electron chi connectivity index (χ4n) is 12.0. The summed E-state index contributed by atoms with van der Waals surface area (Å²) in [6.07, 6.45) is 2.81. The average Bonchev–Trinajstić information content (AvgIpc) is 3.93. The Morgan fingerprint density at radius 1 is 0.371 bits per heavy atom. The summed E-state index contributed by atoms with van der Waals surface area (Å²) in [5, 5.41) is 5.13. The molecule has 1 nitrogen and oxygen atoms in total. The van der Waals surface area contributed by atoms with Crippen LogP contribution in [0.5, 0.6) is 0 Å². The maximum atomic E-state index is 2.57. The van der Waals surface area contributed by atoms with E-state index in [0.29, 0.717) is 0 Å². The van der Waals surface area contributed by atoms with Crippen LogP contribution in [0.3, 0.4) is 0 Å². The molecule has 0 fully saturated rings. The molecule has 1 unspecified atom stereocenters. The number of para-hydroxylation sites is 2. The van der Waals surface area contributed by atoms with Crippen molar-refractivity contribution < 1.29 is 0 Å². The highest BCUT2D eigenvalue weighted by Crippen LogP contribution is 2.58. The molecule has 0 N–H and O–H groups in total. The number of aryl methyl sites for hydroxylation is 1. The zero-order chi connectivity index (χ0) is 46.4. The summed E-state index contributed by atoms with van der Waals surface area (Å²) in [4.78, 5) is 0. The molecule has 12 aromatic rings. The first-order chi connectivity index (χ1) is 34.7. The molecule has 11 aromatic carbocycles. The van der Waals surface area contributed by atoms with Gasteiger partial charge in [0.15, 0.2) is 0 Å². The molecule has 0 bridgehead atoms. The Labute approximate surface area is 410 Å². The molecular weight excluding hydrogens is 843 g/mol. The van der Waals surface area contributed by atoms with Crippen LogP contribution in [-0.2, 0) is 18.3 Å². The summed E-state index contributed by atoms with van der Waals surface area (Å²) in [7, 11) is 0. The molecule has 0 spiro atoms. The van der Waals surface area contributed by atoms with Crippen molar-refractivity contribution in [3.8, 4) is 39.1 Å². The van der Waals surface area contributed by atoms with Crippen molar-refractivity contribution in [2.75, 3.05) is 0 Å². The van der Waals surface area contributed by atoms with E-state index in [1.54, 1.807) is 0 Å². The Morgan fingerprint density at radius 3 is 1.59 bits per heavy atom. The average molecular weight is 894 g/mol. The van der Waals surface area contributed by atoms with Crippen molar-refractivity contribution >= 4 is 32.6 Å². The first-order valence-electron chi connectivity index (χ1n) is 24.8. The lowest BCUT2D eigenvalue weighted by Gasteiger charge is -2.35. The number of hydrogen-bond donors (Lipinski definition) is 0. The molecule has 70 heavy (non-hydrogen) atoms. The van der Waals surface area contributed by atoms with E-state index in [-0.39, 0.29) is 5.92 Å². The van der Waals surface area contributed by atoms with Gasteiger partial charge in [0.05, 0.1) is 16.4 Å². The fraction of sp³-hybridized carbons (Fsp3) is 0.0725. The van der Waals surface area contributed by atoms with Gasteiger partial charge in [-0.3, -0.25) is 0 Å². The van der Waals surface area contributed by atoms with Gasteiger partial charge in [0.2, 0.25) is 0 Å². The largest absolute Gasteiger partial charge is 0.309 e. The Balaban J connectivity index is 0.967. The van der Waals surface area contributed by atoms with E-state index < -0.39 is 5.41 Å². The lowest BCUT2D eigenvalue weighted by Crippen LogP contribution is -2.29. The van der Waals surface area contributed by atoms with Gasteiger partial charge >= 0.3 is 0 Å². The molecule has 1 heterocycles. The van der Waals surface area contributed by atoms with E-state index in [9.17, 15) is 0 Å². The predicted molar refractivity (Wildman–Crippen MR) is 294 cm³/mol. The van der Waals surface area contributed by atoms with Crippen LogP contribution in [0.2, 0.25) is 0 Å². The van der Waals surface area contributed by atoms with Gasteiger partial charge in [0.25, 0.3) is 0 Å². The van der Waals surface area contributed by atoms with Gasteiger partial charge in [0, 0.05) is 16.5 Å².